The zero-order chi connectivity index (χ0) is 15.5. The summed E-state index contributed by atoms with van der Waals surface area (Å²) in [6.45, 7) is 2.79. The monoisotopic (exact) mass is 298 g/mol. The molecule has 0 aliphatic heterocycles. The zero-order valence-electron chi connectivity index (χ0n) is 12.2. The number of carbonyl (C=O) groups is 1. The summed E-state index contributed by atoms with van der Waals surface area (Å²) in [7, 11) is 1.32. The second-order valence-electron chi connectivity index (χ2n) is 4.55. The van der Waals surface area contributed by atoms with Crippen LogP contribution in [0.2, 0.25) is 0 Å². The number of pyridine rings is 1. The summed E-state index contributed by atoms with van der Waals surface area (Å²) in [5, 5.41) is 4.19. The predicted octanol–water partition coefficient (Wildman–Crippen LogP) is 2.41. The first kappa shape index (κ1) is 14.0. The fourth-order valence-electron chi connectivity index (χ4n) is 1.96. The largest absolute Gasteiger partial charge is 0.464 e. The molecule has 0 bridgehead atoms. The summed E-state index contributed by atoms with van der Waals surface area (Å²) < 4.78 is 11.9. The van der Waals surface area contributed by atoms with Crippen LogP contribution in [0.1, 0.15) is 17.4 Å². The Hall–Kier alpha value is -2.96. The van der Waals surface area contributed by atoms with Crippen LogP contribution in [0.4, 0.5) is 0 Å². The van der Waals surface area contributed by atoms with E-state index in [4.69, 9.17) is 4.42 Å². The molecular weight excluding hydrogens is 284 g/mol. The molecule has 0 N–H and O–H groups in total. The molecule has 7 nitrogen and oxygen atoms in total. The Morgan fingerprint density at radius 3 is 2.82 bits per heavy atom. The number of rotatable bonds is 4. The number of aromatic nitrogens is 4. The number of methoxy groups -OCH3 is 1. The van der Waals surface area contributed by atoms with Gasteiger partial charge in [-0.1, -0.05) is 0 Å². The van der Waals surface area contributed by atoms with Crippen LogP contribution in [0, 0.1) is 0 Å². The van der Waals surface area contributed by atoms with E-state index in [2.05, 4.69) is 19.8 Å². The van der Waals surface area contributed by atoms with Crippen LogP contribution in [0.15, 0.2) is 41.4 Å². The van der Waals surface area contributed by atoms with Crippen molar-refractivity contribution in [2.75, 3.05) is 7.11 Å². The first-order chi connectivity index (χ1) is 10.7. The molecule has 0 spiro atoms. The normalized spacial score (nSPS) is 10.6. The molecule has 0 amide bonds. The zero-order valence-corrected chi connectivity index (χ0v) is 12.2. The number of carbonyl (C=O) groups excluding carboxylic acids is 1. The smallest absolute Gasteiger partial charge is 0.356 e. The molecule has 0 aliphatic carbocycles. The minimum atomic E-state index is -0.473. The summed E-state index contributed by atoms with van der Waals surface area (Å²) in [5.74, 6) is 0.0196. The van der Waals surface area contributed by atoms with E-state index in [1.54, 1.807) is 35.5 Å². The Labute approximate surface area is 126 Å². The molecule has 112 valence electrons. The molecule has 3 aromatic heterocycles. The van der Waals surface area contributed by atoms with Crippen molar-refractivity contribution in [3.05, 3.63) is 42.7 Å². The summed E-state index contributed by atoms with van der Waals surface area (Å²) >= 11 is 0. The van der Waals surface area contributed by atoms with Gasteiger partial charge in [-0.05, 0) is 19.1 Å². The number of aryl methyl sites for hydroxylation is 1. The van der Waals surface area contributed by atoms with Crippen LogP contribution >= 0.6 is 0 Å². The average molecular weight is 298 g/mol. The van der Waals surface area contributed by atoms with Crippen LogP contribution < -0.4 is 0 Å². The van der Waals surface area contributed by atoms with Gasteiger partial charge < -0.3 is 9.15 Å². The van der Waals surface area contributed by atoms with Crippen LogP contribution in [0.3, 0.4) is 0 Å². The third-order valence-electron chi connectivity index (χ3n) is 3.16. The Bertz CT molecular complexity index is 789. The second kappa shape index (κ2) is 5.80. The molecule has 3 aromatic rings. The van der Waals surface area contributed by atoms with Crippen molar-refractivity contribution >= 4 is 5.97 Å². The van der Waals surface area contributed by atoms with Gasteiger partial charge in [0.15, 0.2) is 0 Å². The van der Waals surface area contributed by atoms with Gasteiger partial charge in [-0.25, -0.2) is 14.8 Å². The van der Waals surface area contributed by atoms with Crippen LogP contribution in [0.5, 0.6) is 0 Å². The maximum atomic E-state index is 11.4. The molecule has 0 fully saturated rings. The molecule has 0 aliphatic rings. The molecule has 0 atom stereocenters. The topological polar surface area (TPSA) is 83.0 Å². The average Bonchev–Trinajstić information content (AvgIpc) is 3.23. The summed E-state index contributed by atoms with van der Waals surface area (Å²) in [6, 6.07) is 3.33. The van der Waals surface area contributed by atoms with E-state index >= 15 is 0 Å². The van der Waals surface area contributed by atoms with Gasteiger partial charge in [0.1, 0.15) is 17.7 Å². The molecule has 22 heavy (non-hydrogen) atoms. The van der Waals surface area contributed by atoms with E-state index in [0.29, 0.717) is 11.6 Å². The molecular formula is C15H14N4O3. The van der Waals surface area contributed by atoms with Gasteiger partial charge in [0.2, 0.25) is 5.89 Å². The summed E-state index contributed by atoms with van der Waals surface area (Å²) in [5.41, 5.74) is 2.46. The number of hydrogen-bond donors (Lipinski definition) is 0. The Kier molecular flexibility index (Phi) is 3.69. The Morgan fingerprint density at radius 2 is 2.18 bits per heavy atom. The third-order valence-corrected chi connectivity index (χ3v) is 3.16. The van der Waals surface area contributed by atoms with Crippen molar-refractivity contribution in [3.8, 4) is 22.7 Å². The molecule has 0 radical (unpaired) electrons. The predicted molar refractivity (Wildman–Crippen MR) is 78.0 cm³/mol. The van der Waals surface area contributed by atoms with Gasteiger partial charge >= 0.3 is 5.97 Å². The van der Waals surface area contributed by atoms with Crippen molar-refractivity contribution in [2.45, 2.75) is 13.5 Å². The molecule has 0 saturated heterocycles. The molecule has 0 aromatic carbocycles. The third kappa shape index (κ3) is 2.60. The standard InChI is InChI=1S/C15H14N4O3/c1-3-19-8-11(7-17-19)14-18-13(9-22-14)10-4-5-12(16-6-10)15(20)21-2/h4-9H,3H2,1-2H3. The second-order valence-corrected chi connectivity index (χ2v) is 4.55. The fraction of sp³-hybridized carbons (Fsp3) is 0.200. The quantitative estimate of drug-likeness (QED) is 0.688. The Morgan fingerprint density at radius 1 is 1.32 bits per heavy atom. The lowest BCUT2D eigenvalue weighted by atomic mass is 10.2. The van der Waals surface area contributed by atoms with E-state index in [1.165, 1.54) is 7.11 Å². The van der Waals surface area contributed by atoms with Crippen LogP contribution in [-0.4, -0.2) is 32.8 Å². The highest BCUT2D eigenvalue weighted by Crippen LogP contribution is 2.24. The van der Waals surface area contributed by atoms with Crippen LogP contribution in [0.25, 0.3) is 22.7 Å². The van der Waals surface area contributed by atoms with Crippen molar-refractivity contribution in [1.82, 2.24) is 19.7 Å². The minimum absolute atomic E-state index is 0.249. The SMILES string of the molecule is CCn1cc(-c2nc(-c3ccc(C(=O)OC)nc3)co2)cn1. The van der Waals surface area contributed by atoms with Crippen LogP contribution in [-0.2, 0) is 11.3 Å². The van der Waals surface area contributed by atoms with E-state index in [1.807, 2.05) is 13.1 Å². The maximum Gasteiger partial charge on any atom is 0.356 e. The minimum Gasteiger partial charge on any atom is -0.464 e. The number of oxazole rings is 1. The number of ether oxygens (including phenoxy) is 1. The summed E-state index contributed by atoms with van der Waals surface area (Å²) in [6.07, 6.45) is 6.68. The van der Waals surface area contributed by atoms with Crippen molar-refractivity contribution in [2.24, 2.45) is 0 Å². The lowest BCUT2D eigenvalue weighted by Crippen LogP contribution is -2.03. The van der Waals surface area contributed by atoms with E-state index in [9.17, 15) is 4.79 Å². The Balaban J connectivity index is 1.85. The van der Waals surface area contributed by atoms with E-state index in [0.717, 1.165) is 17.7 Å². The molecule has 0 unspecified atom stereocenters. The molecule has 3 rings (SSSR count). The van der Waals surface area contributed by atoms with Gasteiger partial charge in [0.05, 0.1) is 18.9 Å². The van der Waals surface area contributed by atoms with Crippen molar-refractivity contribution in [3.63, 3.8) is 0 Å². The highest BCUT2D eigenvalue weighted by Gasteiger charge is 2.12. The molecule has 0 saturated carbocycles. The first-order valence-electron chi connectivity index (χ1n) is 6.74. The number of esters is 1. The van der Waals surface area contributed by atoms with E-state index < -0.39 is 5.97 Å². The highest BCUT2D eigenvalue weighted by molar-refractivity contribution is 5.87. The van der Waals surface area contributed by atoms with Crippen molar-refractivity contribution < 1.29 is 13.9 Å². The lowest BCUT2D eigenvalue weighted by Gasteiger charge is -1.99. The number of nitrogens with zero attached hydrogens (tertiary/aromatic N) is 4. The van der Waals surface area contributed by atoms with Gasteiger partial charge in [-0.3, -0.25) is 4.68 Å². The van der Waals surface area contributed by atoms with Gasteiger partial charge in [-0.15, -0.1) is 0 Å². The van der Waals surface area contributed by atoms with E-state index in [-0.39, 0.29) is 5.69 Å². The van der Waals surface area contributed by atoms with Crippen molar-refractivity contribution in [1.29, 1.82) is 0 Å². The summed E-state index contributed by atoms with van der Waals surface area (Å²) in [4.78, 5) is 19.8. The molecule has 3 heterocycles. The lowest BCUT2D eigenvalue weighted by molar-refractivity contribution is 0.0594. The fourth-order valence-corrected chi connectivity index (χ4v) is 1.96. The molecule has 7 heteroatoms. The highest BCUT2D eigenvalue weighted by atomic mass is 16.5. The van der Waals surface area contributed by atoms with Gasteiger partial charge in [-0.2, -0.15) is 5.10 Å². The van der Waals surface area contributed by atoms with Gasteiger partial charge in [0.25, 0.3) is 0 Å². The first-order valence-corrected chi connectivity index (χ1v) is 6.74. The van der Waals surface area contributed by atoms with Gasteiger partial charge in [0, 0.05) is 24.5 Å². The number of hydrogen-bond acceptors (Lipinski definition) is 6. The maximum absolute atomic E-state index is 11.4.